The molecule has 4 nitrogen and oxygen atoms in total. The Morgan fingerprint density at radius 3 is 2.84 bits per heavy atom. The molecule has 0 aliphatic heterocycles. The summed E-state index contributed by atoms with van der Waals surface area (Å²) in [5.41, 5.74) is 1.12. The van der Waals surface area contributed by atoms with Gasteiger partial charge in [0.1, 0.15) is 0 Å². The summed E-state index contributed by atoms with van der Waals surface area (Å²) < 4.78 is 1.21. The maximum absolute atomic E-state index is 4.36. The zero-order chi connectivity index (χ0) is 13.7. The molecule has 19 heavy (non-hydrogen) atoms. The molecule has 0 unspecified atom stereocenters. The number of nitrogens with zero attached hydrogens (tertiary/aromatic N) is 2. The van der Waals surface area contributed by atoms with Gasteiger partial charge >= 0.3 is 0 Å². The Hall–Kier alpha value is -0.820. The average Bonchev–Trinajstić information content (AvgIpc) is 2.84. The van der Waals surface area contributed by atoms with E-state index in [1.165, 1.54) is 8.96 Å². The lowest BCUT2D eigenvalue weighted by Crippen LogP contribution is -2.25. The lowest BCUT2D eigenvalue weighted by atomic mass is 10.2. The van der Waals surface area contributed by atoms with Crippen molar-refractivity contribution in [1.29, 1.82) is 0 Å². The van der Waals surface area contributed by atoms with E-state index in [2.05, 4.69) is 75.1 Å². The number of hydrogen-bond donors (Lipinski definition) is 2. The predicted molar refractivity (Wildman–Crippen MR) is 89.7 cm³/mol. The van der Waals surface area contributed by atoms with E-state index in [4.69, 9.17) is 0 Å². The lowest BCUT2D eigenvalue weighted by Gasteiger charge is -2.17. The van der Waals surface area contributed by atoms with Crippen molar-refractivity contribution >= 4 is 39.3 Å². The number of para-hydroxylation sites is 1. The molecule has 0 spiro atoms. The molecule has 2 rings (SSSR count). The fraction of sp³-hybridized carbons (Fsp3) is 0.500. The number of H-pyrrole nitrogens is 1. The quantitative estimate of drug-likeness (QED) is 0.579. The number of rotatable bonds is 7. The van der Waals surface area contributed by atoms with Gasteiger partial charge in [-0.1, -0.05) is 19.9 Å². The first-order valence-electron chi connectivity index (χ1n) is 6.85. The van der Waals surface area contributed by atoms with Crippen LogP contribution in [0.25, 0.3) is 10.9 Å². The number of aromatic amines is 1. The van der Waals surface area contributed by atoms with E-state index in [0.717, 1.165) is 43.9 Å². The van der Waals surface area contributed by atoms with Crippen molar-refractivity contribution < 1.29 is 0 Å². The van der Waals surface area contributed by atoms with Gasteiger partial charge in [-0.05, 0) is 60.8 Å². The fourth-order valence-corrected chi connectivity index (χ4v) is 2.81. The van der Waals surface area contributed by atoms with Gasteiger partial charge in [-0.2, -0.15) is 5.10 Å². The van der Waals surface area contributed by atoms with E-state index >= 15 is 0 Å². The third kappa shape index (κ3) is 3.60. The summed E-state index contributed by atoms with van der Waals surface area (Å²) in [7, 11) is 0. The molecule has 0 bridgehead atoms. The van der Waals surface area contributed by atoms with Crippen LogP contribution in [0.5, 0.6) is 0 Å². The smallest absolute Gasteiger partial charge is 0.155 e. The molecule has 104 valence electrons. The molecule has 2 aromatic rings. The molecule has 0 amide bonds. The summed E-state index contributed by atoms with van der Waals surface area (Å²) >= 11 is 2.33. The minimum atomic E-state index is 0.960. The minimum absolute atomic E-state index is 0.960. The summed E-state index contributed by atoms with van der Waals surface area (Å²) in [6.07, 6.45) is 1.14. The van der Waals surface area contributed by atoms with Gasteiger partial charge < -0.3 is 10.2 Å². The molecular formula is C14H21IN4. The van der Waals surface area contributed by atoms with Gasteiger partial charge in [0, 0.05) is 15.5 Å². The molecule has 2 N–H and O–H groups in total. The Balaban J connectivity index is 1.90. The van der Waals surface area contributed by atoms with Crippen molar-refractivity contribution in [1.82, 2.24) is 15.1 Å². The largest absolute Gasteiger partial charge is 0.368 e. The highest BCUT2D eigenvalue weighted by atomic mass is 127. The zero-order valence-corrected chi connectivity index (χ0v) is 13.7. The van der Waals surface area contributed by atoms with Crippen molar-refractivity contribution in [2.24, 2.45) is 0 Å². The first-order valence-corrected chi connectivity index (χ1v) is 7.93. The van der Waals surface area contributed by atoms with Crippen molar-refractivity contribution in [2.45, 2.75) is 20.3 Å². The molecule has 5 heteroatoms. The van der Waals surface area contributed by atoms with Crippen LogP contribution in [0.4, 0.5) is 5.82 Å². The number of nitrogens with one attached hydrogen (secondary N) is 2. The normalized spacial score (nSPS) is 11.4. The summed E-state index contributed by atoms with van der Waals surface area (Å²) in [6.45, 7) is 8.77. The Morgan fingerprint density at radius 1 is 1.32 bits per heavy atom. The van der Waals surface area contributed by atoms with Crippen LogP contribution in [-0.2, 0) is 0 Å². The number of fused-ring (bicyclic) bond motifs is 1. The Kier molecular flexibility index (Phi) is 5.45. The second kappa shape index (κ2) is 7.09. The van der Waals surface area contributed by atoms with Crippen molar-refractivity contribution in [2.75, 3.05) is 31.5 Å². The molecule has 0 atom stereocenters. The summed E-state index contributed by atoms with van der Waals surface area (Å²) in [6, 6.07) is 6.26. The minimum Gasteiger partial charge on any atom is -0.368 e. The highest BCUT2D eigenvalue weighted by Crippen LogP contribution is 2.24. The molecule has 0 saturated heterocycles. The van der Waals surface area contributed by atoms with Crippen LogP contribution in [0.2, 0.25) is 0 Å². The summed E-state index contributed by atoms with van der Waals surface area (Å²) in [5, 5.41) is 12.1. The van der Waals surface area contributed by atoms with Gasteiger partial charge in [0.25, 0.3) is 0 Å². The number of benzene rings is 1. The zero-order valence-electron chi connectivity index (χ0n) is 11.5. The molecule has 1 aromatic carbocycles. The molecule has 1 heterocycles. The monoisotopic (exact) mass is 372 g/mol. The first kappa shape index (κ1) is 14.6. The number of anilines is 1. The van der Waals surface area contributed by atoms with Crippen LogP contribution in [0.3, 0.4) is 0 Å². The average molecular weight is 372 g/mol. The molecule has 0 aliphatic rings. The Labute approximate surface area is 128 Å². The molecule has 0 fully saturated rings. The van der Waals surface area contributed by atoms with Gasteiger partial charge in [0.05, 0.1) is 5.52 Å². The van der Waals surface area contributed by atoms with Crippen LogP contribution in [0.15, 0.2) is 18.2 Å². The molecule has 0 saturated carbocycles. The second-order valence-corrected chi connectivity index (χ2v) is 5.70. The predicted octanol–water partition coefficient (Wildman–Crippen LogP) is 3.31. The molecule has 1 aromatic heterocycles. The third-order valence-electron chi connectivity index (χ3n) is 3.39. The first-order chi connectivity index (χ1) is 9.26. The fourth-order valence-electron chi connectivity index (χ4n) is 2.19. The van der Waals surface area contributed by atoms with Gasteiger partial charge in [0.2, 0.25) is 0 Å². The van der Waals surface area contributed by atoms with Crippen LogP contribution in [0, 0.1) is 3.57 Å². The highest BCUT2D eigenvalue weighted by Gasteiger charge is 2.07. The van der Waals surface area contributed by atoms with Gasteiger partial charge in [-0.15, -0.1) is 0 Å². The Bertz CT molecular complexity index is 519. The van der Waals surface area contributed by atoms with E-state index in [0.29, 0.717) is 0 Å². The van der Waals surface area contributed by atoms with Crippen LogP contribution >= 0.6 is 22.6 Å². The molecular weight excluding hydrogens is 351 g/mol. The lowest BCUT2D eigenvalue weighted by molar-refractivity contribution is 0.303. The number of halogens is 1. The number of aromatic nitrogens is 2. The second-order valence-electron chi connectivity index (χ2n) is 4.54. The molecule has 0 aliphatic carbocycles. The van der Waals surface area contributed by atoms with Crippen LogP contribution in [0.1, 0.15) is 20.3 Å². The third-order valence-corrected chi connectivity index (χ3v) is 4.29. The standard InChI is InChI=1S/C14H21IN4/c1-3-19(4-2)10-6-9-16-14-11-7-5-8-12(15)13(11)17-18-14/h5,7-8H,3-4,6,9-10H2,1-2H3,(H2,16,17,18). The highest BCUT2D eigenvalue weighted by molar-refractivity contribution is 14.1. The van der Waals surface area contributed by atoms with Crippen molar-refractivity contribution in [3.05, 3.63) is 21.8 Å². The number of hydrogen-bond acceptors (Lipinski definition) is 3. The van der Waals surface area contributed by atoms with E-state index in [1.54, 1.807) is 0 Å². The van der Waals surface area contributed by atoms with Gasteiger partial charge in [-0.3, -0.25) is 5.10 Å². The van der Waals surface area contributed by atoms with E-state index < -0.39 is 0 Å². The maximum atomic E-state index is 4.36. The topological polar surface area (TPSA) is 44.0 Å². The maximum Gasteiger partial charge on any atom is 0.155 e. The van der Waals surface area contributed by atoms with Crippen molar-refractivity contribution in [3.8, 4) is 0 Å². The van der Waals surface area contributed by atoms with Crippen LogP contribution < -0.4 is 5.32 Å². The van der Waals surface area contributed by atoms with E-state index in [1.807, 2.05) is 0 Å². The van der Waals surface area contributed by atoms with Gasteiger partial charge in [0.15, 0.2) is 5.82 Å². The summed E-state index contributed by atoms with van der Waals surface area (Å²) in [5.74, 6) is 0.966. The molecule has 0 radical (unpaired) electrons. The van der Waals surface area contributed by atoms with Crippen molar-refractivity contribution in [3.63, 3.8) is 0 Å². The van der Waals surface area contributed by atoms with Crippen LogP contribution in [-0.4, -0.2) is 41.3 Å². The van der Waals surface area contributed by atoms with Gasteiger partial charge in [-0.25, -0.2) is 0 Å². The Morgan fingerprint density at radius 2 is 2.11 bits per heavy atom. The SMILES string of the molecule is CCN(CC)CCCNc1n[nH]c2c(I)cccc12. The van der Waals surface area contributed by atoms with E-state index in [-0.39, 0.29) is 0 Å². The summed E-state index contributed by atoms with van der Waals surface area (Å²) in [4.78, 5) is 2.44. The van der Waals surface area contributed by atoms with E-state index in [9.17, 15) is 0 Å².